The van der Waals surface area contributed by atoms with Gasteiger partial charge in [-0.1, -0.05) is 0 Å². The van der Waals surface area contributed by atoms with Crippen molar-refractivity contribution in [2.75, 3.05) is 5.32 Å². The van der Waals surface area contributed by atoms with Crippen molar-refractivity contribution in [2.24, 2.45) is 5.92 Å². The number of amides is 1. The van der Waals surface area contributed by atoms with Gasteiger partial charge in [0, 0.05) is 22.8 Å². The van der Waals surface area contributed by atoms with Gasteiger partial charge in [0.15, 0.2) is 0 Å². The fourth-order valence-corrected chi connectivity index (χ4v) is 3.22. The molecule has 2 aromatic rings. The summed E-state index contributed by atoms with van der Waals surface area (Å²) in [6.07, 6.45) is 3.49. The van der Waals surface area contributed by atoms with E-state index in [1.54, 1.807) is 0 Å². The molecule has 0 atom stereocenters. The van der Waals surface area contributed by atoms with Gasteiger partial charge in [-0.15, -0.1) is 0 Å². The molecule has 1 N–H and O–H groups in total. The molecule has 1 amide bonds. The summed E-state index contributed by atoms with van der Waals surface area (Å²) >= 11 is 2.59. The Morgan fingerprint density at radius 1 is 1.32 bits per heavy atom. The van der Waals surface area contributed by atoms with E-state index in [1.165, 1.54) is 35.9 Å². The molecule has 1 aliphatic rings. The maximum atomic E-state index is 12.2. The maximum absolute atomic E-state index is 12.2. The molecule has 19 heavy (non-hydrogen) atoms. The average molecular weight is 294 g/mol. The third kappa shape index (κ3) is 2.82. The Morgan fingerprint density at radius 2 is 2.11 bits per heavy atom. The second-order valence-corrected chi connectivity index (χ2v) is 6.55. The Labute approximate surface area is 119 Å². The summed E-state index contributed by atoms with van der Waals surface area (Å²) in [5, 5.41) is 3.39. The summed E-state index contributed by atoms with van der Waals surface area (Å²) in [4.78, 5) is 17.4. The molecular formula is C12H14N4OS2. The summed E-state index contributed by atoms with van der Waals surface area (Å²) in [6, 6.07) is 0. The minimum atomic E-state index is -0.141. The van der Waals surface area contributed by atoms with E-state index in [0.717, 1.165) is 28.7 Å². The van der Waals surface area contributed by atoms with Crippen LogP contribution in [-0.4, -0.2) is 19.6 Å². The number of nitrogens with zero attached hydrogens (tertiary/aromatic N) is 3. The number of carbonyl (C=O) groups excluding carboxylic acids is 1. The van der Waals surface area contributed by atoms with Gasteiger partial charge in [-0.05, 0) is 44.1 Å². The largest absolute Gasteiger partial charge is 0.296 e. The lowest BCUT2D eigenvalue weighted by Crippen LogP contribution is -2.13. The molecular weight excluding hydrogens is 280 g/mol. The van der Waals surface area contributed by atoms with Crippen molar-refractivity contribution in [2.45, 2.75) is 33.1 Å². The number of hydrogen-bond acceptors (Lipinski definition) is 6. The van der Waals surface area contributed by atoms with Crippen molar-refractivity contribution in [3.8, 4) is 0 Å². The first-order chi connectivity index (χ1) is 9.13. The number of aryl methyl sites for hydroxylation is 2. The van der Waals surface area contributed by atoms with Crippen molar-refractivity contribution in [1.29, 1.82) is 0 Å². The number of hydrogen-bond donors (Lipinski definition) is 1. The standard InChI is InChI=1S/C12H14N4OS2/c1-6-10(7(2)18-15-6)11(17)14-12-13-9(16-19-12)5-8-3-4-8/h8H,3-5H2,1-2H3,(H,13,14,16,17). The number of aromatic nitrogens is 3. The van der Waals surface area contributed by atoms with Crippen molar-refractivity contribution in [3.05, 3.63) is 22.0 Å². The van der Waals surface area contributed by atoms with Crippen LogP contribution in [0.15, 0.2) is 0 Å². The molecule has 0 radical (unpaired) electrons. The molecule has 1 aliphatic carbocycles. The zero-order chi connectivity index (χ0) is 13.4. The number of anilines is 1. The lowest BCUT2D eigenvalue weighted by atomic mass is 10.2. The lowest BCUT2D eigenvalue weighted by molar-refractivity contribution is 0.102. The number of rotatable bonds is 4. The van der Waals surface area contributed by atoms with Crippen LogP contribution in [0.3, 0.4) is 0 Å². The molecule has 1 saturated carbocycles. The van der Waals surface area contributed by atoms with Crippen molar-refractivity contribution in [3.63, 3.8) is 0 Å². The van der Waals surface area contributed by atoms with Crippen LogP contribution in [0.4, 0.5) is 5.13 Å². The average Bonchev–Trinajstić information content (AvgIpc) is 2.96. The Hall–Kier alpha value is -1.34. The monoisotopic (exact) mass is 294 g/mol. The highest BCUT2D eigenvalue weighted by Gasteiger charge is 2.24. The van der Waals surface area contributed by atoms with E-state index < -0.39 is 0 Å². The van der Waals surface area contributed by atoms with E-state index in [9.17, 15) is 4.79 Å². The summed E-state index contributed by atoms with van der Waals surface area (Å²) in [6.45, 7) is 3.75. The first kappa shape index (κ1) is 12.7. The predicted molar refractivity (Wildman–Crippen MR) is 75.9 cm³/mol. The van der Waals surface area contributed by atoms with E-state index in [1.807, 2.05) is 13.8 Å². The van der Waals surface area contributed by atoms with E-state index in [2.05, 4.69) is 19.0 Å². The van der Waals surface area contributed by atoms with Crippen LogP contribution in [0, 0.1) is 19.8 Å². The highest BCUT2D eigenvalue weighted by molar-refractivity contribution is 7.10. The van der Waals surface area contributed by atoms with Crippen molar-refractivity contribution < 1.29 is 4.79 Å². The molecule has 2 heterocycles. The molecule has 0 aliphatic heterocycles. The first-order valence-electron chi connectivity index (χ1n) is 6.20. The molecule has 3 rings (SSSR count). The van der Waals surface area contributed by atoms with Gasteiger partial charge < -0.3 is 0 Å². The van der Waals surface area contributed by atoms with E-state index >= 15 is 0 Å². The fourth-order valence-electron chi connectivity index (χ4n) is 1.93. The fraction of sp³-hybridized carbons (Fsp3) is 0.500. The minimum absolute atomic E-state index is 0.141. The highest BCUT2D eigenvalue weighted by atomic mass is 32.1. The minimum Gasteiger partial charge on any atom is -0.296 e. The molecule has 7 heteroatoms. The smallest absolute Gasteiger partial charge is 0.260 e. The van der Waals surface area contributed by atoms with Crippen LogP contribution in [0.5, 0.6) is 0 Å². The van der Waals surface area contributed by atoms with Crippen LogP contribution in [0.2, 0.25) is 0 Å². The van der Waals surface area contributed by atoms with Gasteiger partial charge in [0.2, 0.25) is 5.13 Å². The molecule has 5 nitrogen and oxygen atoms in total. The van der Waals surface area contributed by atoms with Crippen LogP contribution < -0.4 is 5.32 Å². The Morgan fingerprint density at radius 3 is 2.74 bits per heavy atom. The third-order valence-corrected chi connectivity index (χ3v) is 4.63. The molecule has 0 unspecified atom stereocenters. The Balaban J connectivity index is 1.70. The summed E-state index contributed by atoms with van der Waals surface area (Å²) in [5.74, 6) is 1.46. The molecule has 0 bridgehead atoms. The molecule has 2 aromatic heterocycles. The lowest BCUT2D eigenvalue weighted by Gasteiger charge is -2.00. The molecule has 0 aromatic carbocycles. The van der Waals surface area contributed by atoms with Crippen molar-refractivity contribution in [1.82, 2.24) is 13.7 Å². The maximum Gasteiger partial charge on any atom is 0.260 e. The van der Waals surface area contributed by atoms with Gasteiger partial charge in [-0.25, -0.2) is 4.98 Å². The van der Waals surface area contributed by atoms with Gasteiger partial charge in [-0.2, -0.15) is 8.75 Å². The summed E-state index contributed by atoms with van der Waals surface area (Å²) in [7, 11) is 0. The van der Waals surface area contributed by atoms with Gasteiger partial charge in [0.25, 0.3) is 5.91 Å². The van der Waals surface area contributed by atoms with Crippen LogP contribution in [-0.2, 0) is 6.42 Å². The van der Waals surface area contributed by atoms with E-state index in [-0.39, 0.29) is 5.91 Å². The molecule has 1 fully saturated rings. The van der Waals surface area contributed by atoms with Crippen LogP contribution in [0.25, 0.3) is 0 Å². The van der Waals surface area contributed by atoms with Gasteiger partial charge in [-0.3, -0.25) is 10.1 Å². The second kappa shape index (κ2) is 4.97. The third-order valence-electron chi connectivity index (χ3n) is 3.12. The topological polar surface area (TPSA) is 67.8 Å². The second-order valence-electron chi connectivity index (χ2n) is 4.82. The first-order valence-corrected chi connectivity index (χ1v) is 7.75. The Bertz CT molecular complexity index is 596. The summed E-state index contributed by atoms with van der Waals surface area (Å²) < 4.78 is 8.46. The van der Waals surface area contributed by atoms with E-state index in [0.29, 0.717) is 10.7 Å². The van der Waals surface area contributed by atoms with E-state index in [4.69, 9.17) is 0 Å². The molecule has 100 valence electrons. The molecule has 0 saturated heterocycles. The normalized spacial score (nSPS) is 14.6. The summed E-state index contributed by atoms with van der Waals surface area (Å²) in [5.41, 5.74) is 1.42. The quantitative estimate of drug-likeness (QED) is 0.941. The van der Waals surface area contributed by atoms with Crippen LogP contribution >= 0.6 is 23.1 Å². The SMILES string of the molecule is Cc1nsc(C)c1C(=O)Nc1nc(CC2CC2)ns1. The number of carbonyl (C=O) groups is 1. The highest BCUT2D eigenvalue weighted by Crippen LogP contribution is 2.32. The number of nitrogens with one attached hydrogen (secondary N) is 1. The van der Waals surface area contributed by atoms with Crippen LogP contribution in [0.1, 0.15) is 39.6 Å². The van der Waals surface area contributed by atoms with Crippen molar-refractivity contribution >= 4 is 34.1 Å². The zero-order valence-electron chi connectivity index (χ0n) is 10.8. The van der Waals surface area contributed by atoms with Gasteiger partial charge >= 0.3 is 0 Å². The van der Waals surface area contributed by atoms with Gasteiger partial charge in [0.05, 0.1) is 11.3 Å². The van der Waals surface area contributed by atoms with Gasteiger partial charge in [0.1, 0.15) is 5.82 Å². The Kier molecular flexibility index (Phi) is 3.32. The predicted octanol–water partition coefficient (Wildman–Crippen LogP) is 2.82. The zero-order valence-corrected chi connectivity index (χ0v) is 12.4. The molecule has 0 spiro atoms.